The first kappa shape index (κ1) is 12.8. The number of nitrogens with zero attached hydrogens (tertiary/aromatic N) is 2. The Morgan fingerprint density at radius 3 is 2.40 bits per heavy atom. The first-order valence-electron chi connectivity index (χ1n) is 5.70. The molecule has 0 aliphatic carbocycles. The Morgan fingerprint density at radius 2 is 1.93 bits per heavy atom. The molecule has 0 radical (unpaired) electrons. The van der Waals surface area contributed by atoms with Crippen molar-refractivity contribution in [1.82, 2.24) is 9.80 Å². The summed E-state index contributed by atoms with van der Waals surface area (Å²) in [7, 11) is 1.91. The molecule has 2 nitrogen and oxygen atoms in total. The van der Waals surface area contributed by atoms with Gasteiger partial charge < -0.3 is 4.90 Å². The Labute approximate surface area is 91.2 Å². The summed E-state index contributed by atoms with van der Waals surface area (Å²) in [6.07, 6.45) is -0.0747. The molecule has 1 saturated heterocycles. The molecule has 0 saturated carbocycles. The quantitative estimate of drug-likeness (QED) is 0.718. The maximum absolute atomic E-state index is 13.8. The first-order chi connectivity index (χ1) is 6.88. The normalized spacial score (nSPS) is 26.2. The van der Waals surface area contributed by atoms with Gasteiger partial charge in [0.25, 0.3) is 5.92 Å². The van der Waals surface area contributed by atoms with Gasteiger partial charge in [-0.3, -0.25) is 4.90 Å². The molecular formula is C11H22F2N2. The number of alkyl halides is 2. The molecule has 0 aromatic heterocycles. The van der Waals surface area contributed by atoms with Gasteiger partial charge in [-0.1, -0.05) is 6.92 Å². The van der Waals surface area contributed by atoms with Gasteiger partial charge in [0, 0.05) is 32.1 Å². The Bertz CT molecular complexity index is 207. The third-order valence-corrected chi connectivity index (χ3v) is 3.25. The maximum atomic E-state index is 13.8. The van der Waals surface area contributed by atoms with Crippen LogP contribution in [0.3, 0.4) is 0 Å². The number of hydrogen-bond acceptors (Lipinski definition) is 2. The number of likely N-dealkylation sites (N-methyl/N-ethyl adjacent to an activating group) is 1. The Balaban J connectivity index is 2.79. The largest absolute Gasteiger partial charge is 0.303 e. The van der Waals surface area contributed by atoms with Crippen LogP contribution in [0.2, 0.25) is 0 Å². The van der Waals surface area contributed by atoms with Crippen LogP contribution in [0.25, 0.3) is 0 Å². The highest BCUT2D eigenvalue weighted by Crippen LogP contribution is 2.30. The lowest BCUT2D eigenvalue weighted by Gasteiger charge is -2.45. The first-order valence-corrected chi connectivity index (χ1v) is 5.70. The van der Waals surface area contributed by atoms with E-state index in [1.165, 1.54) is 0 Å². The summed E-state index contributed by atoms with van der Waals surface area (Å²) < 4.78 is 27.5. The van der Waals surface area contributed by atoms with Gasteiger partial charge in [-0.05, 0) is 20.9 Å². The minimum Gasteiger partial charge on any atom is -0.303 e. The molecule has 1 aliphatic heterocycles. The topological polar surface area (TPSA) is 6.48 Å². The van der Waals surface area contributed by atoms with Crippen molar-refractivity contribution in [1.29, 1.82) is 0 Å². The Morgan fingerprint density at radius 1 is 1.33 bits per heavy atom. The highest BCUT2D eigenvalue weighted by Gasteiger charge is 2.44. The number of hydrogen-bond donors (Lipinski definition) is 0. The molecule has 0 N–H and O–H groups in total. The van der Waals surface area contributed by atoms with Crippen LogP contribution in [0, 0.1) is 0 Å². The number of rotatable bonds is 3. The predicted molar refractivity (Wildman–Crippen MR) is 58.4 cm³/mol. The fourth-order valence-corrected chi connectivity index (χ4v) is 2.16. The standard InChI is InChI=1S/C11H22F2N2/c1-5-11(12,13)10-8-14(4)6-7-15(10)9(2)3/h9-10H,5-8H2,1-4H3. The Hall–Kier alpha value is -0.220. The molecule has 1 aliphatic rings. The monoisotopic (exact) mass is 220 g/mol. The van der Waals surface area contributed by atoms with Gasteiger partial charge >= 0.3 is 0 Å². The van der Waals surface area contributed by atoms with Crippen molar-refractivity contribution >= 4 is 0 Å². The van der Waals surface area contributed by atoms with Crippen LogP contribution in [-0.2, 0) is 0 Å². The average molecular weight is 220 g/mol. The third kappa shape index (κ3) is 2.88. The summed E-state index contributed by atoms with van der Waals surface area (Å²) in [5.74, 6) is -2.57. The van der Waals surface area contributed by atoms with Crippen LogP contribution >= 0.6 is 0 Å². The lowest BCUT2D eigenvalue weighted by Crippen LogP contribution is -2.60. The van der Waals surface area contributed by atoms with E-state index >= 15 is 0 Å². The van der Waals surface area contributed by atoms with Crippen molar-refractivity contribution in [2.75, 3.05) is 26.7 Å². The van der Waals surface area contributed by atoms with Crippen LogP contribution in [0.5, 0.6) is 0 Å². The van der Waals surface area contributed by atoms with E-state index in [0.717, 1.165) is 13.1 Å². The molecule has 1 unspecified atom stereocenters. The van der Waals surface area contributed by atoms with Gasteiger partial charge in [0.2, 0.25) is 0 Å². The zero-order valence-corrected chi connectivity index (χ0v) is 10.1. The van der Waals surface area contributed by atoms with E-state index in [4.69, 9.17) is 0 Å². The van der Waals surface area contributed by atoms with Gasteiger partial charge in [0.05, 0.1) is 6.04 Å². The van der Waals surface area contributed by atoms with Crippen molar-refractivity contribution in [2.24, 2.45) is 0 Å². The summed E-state index contributed by atoms with van der Waals surface area (Å²) >= 11 is 0. The van der Waals surface area contributed by atoms with Gasteiger partial charge in [0.15, 0.2) is 0 Å². The second-order valence-electron chi connectivity index (χ2n) is 4.72. The SMILES string of the molecule is CCC(F)(F)C1CN(C)CCN1C(C)C. The summed E-state index contributed by atoms with van der Waals surface area (Å²) in [5, 5.41) is 0. The highest BCUT2D eigenvalue weighted by molar-refractivity contribution is 4.91. The van der Waals surface area contributed by atoms with Crippen LogP contribution in [0.1, 0.15) is 27.2 Å². The number of piperazine rings is 1. The Kier molecular flexibility index (Phi) is 4.06. The number of halogens is 2. The zero-order valence-electron chi connectivity index (χ0n) is 10.1. The molecule has 1 fully saturated rings. The summed E-state index contributed by atoms with van der Waals surface area (Å²) in [4.78, 5) is 3.93. The predicted octanol–water partition coefficient (Wildman–Crippen LogP) is 2.06. The van der Waals surface area contributed by atoms with Crippen molar-refractivity contribution in [3.05, 3.63) is 0 Å². The van der Waals surface area contributed by atoms with Gasteiger partial charge in [0.1, 0.15) is 0 Å². The van der Waals surface area contributed by atoms with Crippen molar-refractivity contribution in [3.8, 4) is 0 Å². The molecule has 0 aromatic rings. The average Bonchev–Trinajstić information content (AvgIpc) is 2.17. The third-order valence-electron chi connectivity index (χ3n) is 3.25. The van der Waals surface area contributed by atoms with E-state index in [0.29, 0.717) is 6.54 Å². The van der Waals surface area contributed by atoms with Gasteiger partial charge in [-0.2, -0.15) is 0 Å². The fourth-order valence-electron chi connectivity index (χ4n) is 2.16. The van der Waals surface area contributed by atoms with Gasteiger partial charge in [-0.15, -0.1) is 0 Å². The van der Waals surface area contributed by atoms with Crippen LogP contribution < -0.4 is 0 Å². The summed E-state index contributed by atoms with van der Waals surface area (Å²) in [6, 6.07) is -0.428. The van der Waals surface area contributed by atoms with Crippen molar-refractivity contribution in [3.63, 3.8) is 0 Å². The molecule has 0 amide bonds. The zero-order chi connectivity index (χ0) is 11.6. The molecule has 15 heavy (non-hydrogen) atoms. The molecule has 1 rings (SSSR count). The van der Waals surface area contributed by atoms with E-state index in [1.54, 1.807) is 6.92 Å². The highest BCUT2D eigenvalue weighted by atomic mass is 19.3. The van der Waals surface area contributed by atoms with E-state index in [2.05, 4.69) is 0 Å². The van der Waals surface area contributed by atoms with Gasteiger partial charge in [-0.25, -0.2) is 8.78 Å². The summed E-state index contributed by atoms with van der Waals surface area (Å²) in [5.41, 5.74) is 0. The summed E-state index contributed by atoms with van der Waals surface area (Å²) in [6.45, 7) is 7.64. The second-order valence-corrected chi connectivity index (χ2v) is 4.72. The molecular weight excluding hydrogens is 198 g/mol. The van der Waals surface area contributed by atoms with E-state index in [-0.39, 0.29) is 12.5 Å². The smallest absolute Gasteiger partial charge is 0.264 e. The van der Waals surface area contributed by atoms with E-state index < -0.39 is 12.0 Å². The van der Waals surface area contributed by atoms with E-state index in [9.17, 15) is 8.78 Å². The lowest BCUT2D eigenvalue weighted by atomic mass is 10.0. The molecule has 1 atom stereocenters. The van der Waals surface area contributed by atoms with Crippen molar-refractivity contribution in [2.45, 2.75) is 45.2 Å². The van der Waals surface area contributed by atoms with Crippen LogP contribution in [0.4, 0.5) is 8.78 Å². The maximum Gasteiger partial charge on any atom is 0.264 e. The minimum atomic E-state index is -2.57. The molecule has 0 aromatic carbocycles. The molecule has 0 bridgehead atoms. The second kappa shape index (κ2) is 4.74. The molecule has 1 heterocycles. The lowest BCUT2D eigenvalue weighted by molar-refractivity contribution is -0.115. The molecule has 90 valence electrons. The molecule has 4 heteroatoms. The van der Waals surface area contributed by atoms with Crippen LogP contribution in [-0.4, -0.2) is 54.5 Å². The van der Waals surface area contributed by atoms with Crippen LogP contribution in [0.15, 0.2) is 0 Å². The minimum absolute atomic E-state index is 0.0747. The van der Waals surface area contributed by atoms with Crippen molar-refractivity contribution < 1.29 is 8.78 Å². The fraction of sp³-hybridized carbons (Fsp3) is 1.00. The van der Waals surface area contributed by atoms with E-state index in [1.807, 2.05) is 30.7 Å². The molecule has 0 spiro atoms.